The Hall–Kier alpha value is -2.34. The molecule has 3 N–H and O–H groups in total. The summed E-state index contributed by atoms with van der Waals surface area (Å²) in [4.78, 5) is 12.0. The summed E-state index contributed by atoms with van der Waals surface area (Å²) in [7, 11) is 3.40. The maximum Gasteiger partial charge on any atom is 0.230 e. The number of amides is 1. The summed E-state index contributed by atoms with van der Waals surface area (Å²) in [5.74, 6) is 1.17. The molecule has 2 rings (SSSR count). The van der Waals surface area contributed by atoms with Crippen LogP contribution in [0, 0.1) is 0 Å². The second-order valence-electron chi connectivity index (χ2n) is 4.45. The molecule has 1 amide bonds. The number of nitrogens with zero attached hydrogens (tertiary/aromatic N) is 2. The van der Waals surface area contributed by atoms with Gasteiger partial charge in [0, 0.05) is 25.4 Å². The van der Waals surface area contributed by atoms with Crippen molar-refractivity contribution in [2.24, 2.45) is 12.8 Å². The van der Waals surface area contributed by atoms with Gasteiger partial charge in [0.25, 0.3) is 0 Å². The molecule has 0 fully saturated rings. The fraction of sp³-hybridized carbons (Fsp3) is 0.286. The molecule has 0 bridgehead atoms. The Balaban J connectivity index is 2.00. The Kier molecular flexibility index (Phi) is 4.37. The molecule has 6 nitrogen and oxygen atoms in total. The average molecular weight is 274 g/mol. The first kappa shape index (κ1) is 14.1. The number of rotatable bonds is 5. The highest BCUT2D eigenvalue weighted by Gasteiger charge is 2.10. The second-order valence-corrected chi connectivity index (χ2v) is 4.45. The molecular weight excluding hydrogens is 256 g/mol. The van der Waals surface area contributed by atoms with Crippen molar-refractivity contribution in [3.8, 4) is 5.75 Å². The summed E-state index contributed by atoms with van der Waals surface area (Å²) in [6, 6.07) is 7.38. The number of ether oxygens (including phenoxy) is 1. The zero-order valence-corrected chi connectivity index (χ0v) is 11.6. The Bertz CT molecular complexity index is 590. The van der Waals surface area contributed by atoms with Gasteiger partial charge in [-0.05, 0) is 17.7 Å². The molecule has 0 radical (unpaired) electrons. The highest BCUT2D eigenvalue weighted by molar-refractivity contribution is 5.92. The Morgan fingerprint density at radius 1 is 1.40 bits per heavy atom. The molecule has 1 aromatic carbocycles. The second kappa shape index (κ2) is 6.21. The minimum absolute atomic E-state index is 0.122. The molecule has 20 heavy (non-hydrogen) atoms. The van der Waals surface area contributed by atoms with E-state index in [9.17, 15) is 4.79 Å². The lowest BCUT2D eigenvalue weighted by molar-refractivity contribution is -0.115. The largest absolute Gasteiger partial charge is 0.497 e. The Morgan fingerprint density at radius 3 is 2.70 bits per heavy atom. The number of carbonyl (C=O) groups is 1. The third-order valence-corrected chi connectivity index (χ3v) is 2.91. The molecule has 0 unspecified atom stereocenters. The highest BCUT2D eigenvalue weighted by atomic mass is 16.5. The van der Waals surface area contributed by atoms with Crippen molar-refractivity contribution in [2.75, 3.05) is 12.4 Å². The van der Waals surface area contributed by atoms with Crippen molar-refractivity contribution in [1.29, 1.82) is 0 Å². The number of hydrogen-bond acceptors (Lipinski definition) is 4. The number of methoxy groups -OCH3 is 1. The smallest absolute Gasteiger partial charge is 0.230 e. The topological polar surface area (TPSA) is 82.2 Å². The molecule has 0 saturated carbocycles. The SMILES string of the molecule is COc1ccc(CC(=O)Nc2nn(C)cc2CN)cc1. The molecule has 0 saturated heterocycles. The lowest BCUT2D eigenvalue weighted by atomic mass is 10.1. The molecule has 1 aromatic heterocycles. The lowest BCUT2D eigenvalue weighted by Crippen LogP contribution is -2.16. The maximum atomic E-state index is 12.0. The van der Waals surface area contributed by atoms with Gasteiger partial charge in [-0.1, -0.05) is 12.1 Å². The Labute approximate surface area is 117 Å². The predicted octanol–water partition coefficient (Wildman–Crippen LogP) is 1.07. The number of benzene rings is 1. The van der Waals surface area contributed by atoms with Crippen molar-refractivity contribution in [2.45, 2.75) is 13.0 Å². The summed E-state index contributed by atoms with van der Waals surface area (Å²) in [6.45, 7) is 0.339. The first-order chi connectivity index (χ1) is 9.62. The van der Waals surface area contributed by atoms with E-state index >= 15 is 0 Å². The number of nitrogens with one attached hydrogen (secondary N) is 1. The summed E-state index contributed by atoms with van der Waals surface area (Å²) in [5.41, 5.74) is 7.33. The molecule has 106 valence electrons. The third kappa shape index (κ3) is 3.36. The van der Waals surface area contributed by atoms with Gasteiger partial charge >= 0.3 is 0 Å². The summed E-state index contributed by atoms with van der Waals surface area (Å²) >= 11 is 0. The zero-order chi connectivity index (χ0) is 14.5. The van der Waals surface area contributed by atoms with E-state index in [1.54, 1.807) is 25.0 Å². The van der Waals surface area contributed by atoms with Gasteiger partial charge in [0.15, 0.2) is 5.82 Å². The molecule has 0 aliphatic heterocycles. The van der Waals surface area contributed by atoms with Crippen LogP contribution in [-0.4, -0.2) is 22.8 Å². The number of hydrogen-bond donors (Lipinski definition) is 2. The van der Waals surface area contributed by atoms with Crippen LogP contribution in [0.1, 0.15) is 11.1 Å². The maximum absolute atomic E-state index is 12.0. The van der Waals surface area contributed by atoms with Crippen LogP contribution in [0.15, 0.2) is 30.5 Å². The molecule has 0 aliphatic rings. The van der Waals surface area contributed by atoms with Crippen LogP contribution >= 0.6 is 0 Å². The van der Waals surface area contributed by atoms with Gasteiger partial charge in [-0.2, -0.15) is 5.10 Å². The fourth-order valence-electron chi connectivity index (χ4n) is 1.90. The van der Waals surface area contributed by atoms with E-state index in [0.717, 1.165) is 16.9 Å². The van der Waals surface area contributed by atoms with Crippen LogP contribution in [0.2, 0.25) is 0 Å². The van der Waals surface area contributed by atoms with Gasteiger partial charge in [-0.25, -0.2) is 0 Å². The van der Waals surface area contributed by atoms with Gasteiger partial charge in [0.05, 0.1) is 13.5 Å². The van der Waals surface area contributed by atoms with Crippen molar-refractivity contribution in [1.82, 2.24) is 9.78 Å². The van der Waals surface area contributed by atoms with Crippen molar-refractivity contribution in [3.05, 3.63) is 41.6 Å². The van der Waals surface area contributed by atoms with Crippen LogP contribution in [0.5, 0.6) is 5.75 Å². The van der Waals surface area contributed by atoms with Crippen LogP contribution in [-0.2, 0) is 24.8 Å². The third-order valence-electron chi connectivity index (χ3n) is 2.91. The van der Waals surface area contributed by atoms with E-state index in [1.165, 1.54) is 0 Å². The molecule has 1 heterocycles. The molecular formula is C14H18N4O2. The zero-order valence-electron chi connectivity index (χ0n) is 11.6. The standard InChI is InChI=1S/C14H18N4O2/c1-18-9-11(8-15)14(17-18)16-13(19)7-10-3-5-12(20-2)6-4-10/h3-6,9H,7-8,15H2,1-2H3,(H,16,17,19). The van der Waals surface area contributed by atoms with Gasteiger partial charge in [-0.15, -0.1) is 0 Å². The molecule has 2 aromatic rings. The van der Waals surface area contributed by atoms with Gasteiger partial charge in [-0.3, -0.25) is 9.48 Å². The van der Waals surface area contributed by atoms with Crippen molar-refractivity contribution >= 4 is 11.7 Å². The van der Waals surface area contributed by atoms with Crippen LogP contribution < -0.4 is 15.8 Å². The van der Waals surface area contributed by atoms with Crippen LogP contribution in [0.3, 0.4) is 0 Å². The predicted molar refractivity (Wildman–Crippen MR) is 76.4 cm³/mol. The minimum Gasteiger partial charge on any atom is -0.497 e. The van der Waals surface area contributed by atoms with Crippen molar-refractivity contribution < 1.29 is 9.53 Å². The molecule has 0 atom stereocenters. The van der Waals surface area contributed by atoms with E-state index in [4.69, 9.17) is 10.5 Å². The van der Waals surface area contributed by atoms with E-state index in [1.807, 2.05) is 24.3 Å². The first-order valence-electron chi connectivity index (χ1n) is 6.27. The number of carbonyl (C=O) groups excluding carboxylic acids is 1. The normalized spacial score (nSPS) is 10.3. The number of aromatic nitrogens is 2. The van der Waals surface area contributed by atoms with E-state index in [2.05, 4.69) is 10.4 Å². The molecule has 6 heteroatoms. The number of nitrogens with two attached hydrogens (primary N) is 1. The number of anilines is 1. The lowest BCUT2D eigenvalue weighted by Gasteiger charge is -2.05. The van der Waals surface area contributed by atoms with E-state index in [0.29, 0.717) is 12.4 Å². The highest BCUT2D eigenvalue weighted by Crippen LogP contribution is 2.14. The quantitative estimate of drug-likeness (QED) is 0.854. The fourth-order valence-corrected chi connectivity index (χ4v) is 1.90. The minimum atomic E-state index is -0.122. The average Bonchev–Trinajstić information content (AvgIpc) is 2.79. The van der Waals surface area contributed by atoms with Crippen LogP contribution in [0.4, 0.5) is 5.82 Å². The summed E-state index contributed by atoms with van der Waals surface area (Å²) in [6.07, 6.45) is 2.08. The van der Waals surface area contributed by atoms with Gasteiger partial charge < -0.3 is 15.8 Å². The summed E-state index contributed by atoms with van der Waals surface area (Å²) < 4.78 is 6.71. The van der Waals surface area contributed by atoms with Gasteiger partial charge in [0.1, 0.15) is 5.75 Å². The van der Waals surface area contributed by atoms with E-state index in [-0.39, 0.29) is 12.3 Å². The molecule has 0 aliphatic carbocycles. The van der Waals surface area contributed by atoms with Crippen molar-refractivity contribution in [3.63, 3.8) is 0 Å². The monoisotopic (exact) mass is 274 g/mol. The van der Waals surface area contributed by atoms with Crippen LogP contribution in [0.25, 0.3) is 0 Å². The summed E-state index contributed by atoms with van der Waals surface area (Å²) in [5, 5.41) is 6.95. The molecule has 0 spiro atoms. The number of aryl methyl sites for hydroxylation is 1. The van der Waals surface area contributed by atoms with E-state index < -0.39 is 0 Å². The Morgan fingerprint density at radius 2 is 2.10 bits per heavy atom. The first-order valence-corrected chi connectivity index (χ1v) is 6.27. The van der Waals surface area contributed by atoms with Gasteiger partial charge in [0.2, 0.25) is 5.91 Å².